The number of rotatable bonds is 5. The van der Waals surface area contributed by atoms with Crippen molar-refractivity contribution in [1.82, 2.24) is 5.32 Å². The SMILES string of the molecule is COC(=O)[C@@H](Cc1ccc(C(C)(C)C)cc1)NC(=O)c1ccc(O)cc1. The molecule has 1 atom stereocenters. The predicted octanol–water partition coefficient (Wildman–Crippen LogP) is 3.20. The van der Waals surface area contributed by atoms with Gasteiger partial charge >= 0.3 is 5.97 Å². The molecule has 0 aliphatic carbocycles. The molecular weight excluding hydrogens is 330 g/mol. The molecule has 0 saturated carbocycles. The lowest BCUT2D eigenvalue weighted by Gasteiger charge is -2.20. The minimum absolute atomic E-state index is 0.0490. The normalized spacial score (nSPS) is 12.3. The van der Waals surface area contributed by atoms with Gasteiger partial charge in [0.05, 0.1) is 7.11 Å². The Hall–Kier alpha value is -2.82. The molecule has 0 radical (unpaired) electrons. The van der Waals surface area contributed by atoms with Gasteiger partial charge in [0, 0.05) is 12.0 Å². The number of aromatic hydroxyl groups is 1. The maximum absolute atomic E-state index is 12.4. The van der Waals surface area contributed by atoms with Crippen molar-refractivity contribution in [2.75, 3.05) is 7.11 Å². The Balaban J connectivity index is 2.13. The predicted molar refractivity (Wildman–Crippen MR) is 100 cm³/mol. The number of nitrogens with one attached hydrogen (secondary N) is 1. The Morgan fingerprint density at radius 3 is 2.12 bits per heavy atom. The zero-order chi connectivity index (χ0) is 19.3. The summed E-state index contributed by atoms with van der Waals surface area (Å²) in [5, 5.41) is 12.0. The highest BCUT2D eigenvalue weighted by atomic mass is 16.5. The third-order valence-corrected chi connectivity index (χ3v) is 4.18. The van der Waals surface area contributed by atoms with Gasteiger partial charge in [-0.3, -0.25) is 4.79 Å². The van der Waals surface area contributed by atoms with Crippen molar-refractivity contribution in [3.63, 3.8) is 0 Å². The van der Waals surface area contributed by atoms with E-state index in [4.69, 9.17) is 4.74 Å². The first-order valence-electron chi connectivity index (χ1n) is 8.48. The molecule has 2 rings (SSSR count). The number of hydrogen-bond donors (Lipinski definition) is 2. The molecule has 0 unspecified atom stereocenters. The van der Waals surface area contributed by atoms with Crippen molar-refractivity contribution < 1.29 is 19.4 Å². The van der Waals surface area contributed by atoms with Gasteiger partial charge < -0.3 is 15.2 Å². The van der Waals surface area contributed by atoms with Crippen LogP contribution in [0.3, 0.4) is 0 Å². The molecule has 0 bridgehead atoms. The van der Waals surface area contributed by atoms with Crippen LogP contribution in [0.1, 0.15) is 42.3 Å². The van der Waals surface area contributed by atoms with Crippen LogP contribution in [0.4, 0.5) is 0 Å². The summed E-state index contributed by atoms with van der Waals surface area (Å²) in [4.78, 5) is 24.4. The standard InChI is InChI=1S/C21H25NO4/c1-21(2,3)16-9-5-14(6-10-16)13-18(20(25)26-4)22-19(24)15-7-11-17(23)12-8-15/h5-12,18,23H,13H2,1-4H3,(H,22,24)/t18-/m1/s1. The number of phenolic OH excluding ortho intramolecular Hbond substituents is 1. The fraction of sp³-hybridized carbons (Fsp3) is 0.333. The molecule has 5 heteroatoms. The van der Waals surface area contributed by atoms with Crippen molar-refractivity contribution in [1.29, 1.82) is 0 Å². The summed E-state index contributed by atoms with van der Waals surface area (Å²) in [5.74, 6) is -0.825. The highest BCUT2D eigenvalue weighted by Crippen LogP contribution is 2.22. The third-order valence-electron chi connectivity index (χ3n) is 4.18. The second-order valence-corrected chi connectivity index (χ2v) is 7.25. The first kappa shape index (κ1) is 19.5. The Morgan fingerprint density at radius 2 is 1.62 bits per heavy atom. The van der Waals surface area contributed by atoms with Crippen LogP contribution in [-0.4, -0.2) is 30.1 Å². The van der Waals surface area contributed by atoms with Gasteiger partial charge in [-0.2, -0.15) is 0 Å². The summed E-state index contributed by atoms with van der Waals surface area (Å²) < 4.78 is 4.82. The van der Waals surface area contributed by atoms with E-state index in [2.05, 4.69) is 26.1 Å². The van der Waals surface area contributed by atoms with E-state index in [0.29, 0.717) is 12.0 Å². The minimum atomic E-state index is -0.790. The average molecular weight is 355 g/mol. The summed E-state index contributed by atoms with van der Waals surface area (Å²) in [5.41, 5.74) is 2.54. The Morgan fingerprint density at radius 1 is 1.04 bits per heavy atom. The van der Waals surface area contributed by atoms with Crippen LogP contribution in [0.5, 0.6) is 5.75 Å². The lowest BCUT2D eigenvalue weighted by atomic mass is 9.86. The van der Waals surface area contributed by atoms with Crippen molar-refractivity contribution in [2.24, 2.45) is 0 Å². The monoisotopic (exact) mass is 355 g/mol. The van der Waals surface area contributed by atoms with Crippen molar-refractivity contribution >= 4 is 11.9 Å². The number of esters is 1. The van der Waals surface area contributed by atoms with E-state index < -0.39 is 17.9 Å². The lowest BCUT2D eigenvalue weighted by molar-refractivity contribution is -0.142. The fourth-order valence-corrected chi connectivity index (χ4v) is 2.57. The molecule has 0 heterocycles. The minimum Gasteiger partial charge on any atom is -0.508 e. The zero-order valence-electron chi connectivity index (χ0n) is 15.6. The number of benzene rings is 2. The van der Waals surface area contributed by atoms with Gasteiger partial charge in [-0.05, 0) is 40.8 Å². The molecule has 5 nitrogen and oxygen atoms in total. The highest BCUT2D eigenvalue weighted by molar-refractivity contribution is 5.96. The van der Waals surface area contributed by atoms with Crippen molar-refractivity contribution in [3.8, 4) is 5.75 Å². The molecule has 2 N–H and O–H groups in total. The van der Waals surface area contributed by atoms with Gasteiger partial charge in [-0.1, -0.05) is 45.0 Å². The summed E-state index contributed by atoms with van der Waals surface area (Å²) in [6, 6.07) is 13.0. The number of amides is 1. The van der Waals surface area contributed by atoms with Crippen LogP contribution in [-0.2, 0) is 21.4 Å². The van der Waals surface area contributed by atoms with Gasteiger partial charge in [0.25, 0.3) is 5.91 Å². The summed E-state index contributed by atoms with van der Waals surface area (Å²) in [6.07, 6.45) is 0.334. The largest absolute Gasteiger partial charge is 0.508 e. The molecule has 138 valence electrons. The molecule has 2 aromatic rings. The van der Waals surface area contributed by atoms with Gasteiger partial charge in [0.1, 0.15) is 11.8 Å². The quantitative estimate of drug-likeness (QED) is 0.808. The van der Waals surface area contributed by atoms with Gasteiger partial charge in [0.15, 0.2) is 0 Å². The van der Waals surface area contributed by atoms with Gasteiger partial charge in [0.2, 0.25) is 0 Å². The van der Waals surface area contributed by atoms with Gasteiger partial charge in [-0.25, -0.2) is 4.79 Å². The lowest BCUT2D eigenvalue weighted by Crippen LogP contribution is -2.43. The van der Waals surface area contributed by atoms with Crippen molar-refractivity contribution in [3.05, 3.63) is 65.2 Å². The fourth-order valence-electron chi connectivity index (χ4n) is 2.57. The van der Waals surface area contributed by atoms with Crippen LogP contribution >= 0.6 is 0 Å². The highest BCUT2D eigenvalue weighted by Gasteiger charge is 2.23. The Bertz CT molecular complexity index is 758. The Labute approximate surface area is 154 Å². The molecule has 0 aromatic heterocycles. The summed E-state index contributed by atoms with van der Waals surface area (Å²) in [7, 11) is 1.30. The van der Waals surface area contributed by atoms with Crippen LogP contribution in [0.15, 0.2) is 48.5 Å². The maximum atomic E-state index is 12.4. The molecular formula is C21H25NO4. The van der Waals surface area contributed by atoms with Crippen molar-refractivity contribution in [2.45, 2.75) is 38.6 Å². The molecule has 2 aromatic carbocycles. The van der Waals surface area contributed by atoms with Crippen LogP contribution < -0.4 is 5.32 Å². The second-order valence-electron chi connectivity index (χ2n) is 7.25. The number of carbonyl (C=O) groups excluding carboxylic acids is 2. The summed E-state index contributed by atoms with van der Waals surface area (Å²) >= 11 is 0. The number of carbonyl (C=O) groups is 2. The number of methoxy groups -OCH3 is 1. The topological polar surface area (TPSA) is 75.6 Å². The Kier molecular flexibility index (Phi) is 6.03. The number of phenols is 1. The van der Waals surface area contributed by atoms with Gasteiger partial charge in [-0.15, -0.1) is 0 Å². The number of hydrogen-bond acceptors (Lipinski definition) is 4. The molecule has 1 amide bonds. The molecule has 0 aliphatic rings. The molecule has 0 fully saturated rings. The number of ether oxygens (including phenoxy) is 1. The second kappa shape index (κ2) is 8.04. The zero-order valence-corrected chi connectivity index (χ0v) is 15.6. The first-order chi connectivity index (χ1) is 12.2. The van der Waals surface area contributed by atoms with E-state index in [9.17, 15) is 14.7 Å². The van der Waals surface area contributed by atoms with Crippen LogP contribution in [0, 0.1) is 0 Å². The molecule has 0 spiro atoms. The first-order valence-corrected chi connectivity index (χ1v) is 8.48. The molecule has 0 aliphatic heterocycles. The average Bonchev–Trinajstić information content (AvgIpc) is 2.60. The molecule has 0 saturated heterocycles. The van der Waals surface area contributed by atoms with E-state index in [1.807, 2.05) is 24.3 Å². The molecule has 26 heavy (non-hydrogen) atoms. The third kappa shape index (κ3) is 5.09. The van der Waals surface area contributed by atoms with Crippen LogP contribution in [0.25, 0.3) is 0 Å². The van der Waals surface area contributed by atoms with E-state index >= 15 is 0 Å². The maximum Gasteiger partial charge on any atom is 0.328 e. The summed E-state index contributed by atoms with van der Waals surface area (Å²) in [6.45, 7) is 6.41. The van der Waals surface area contributed by atoms with Crippen LogP contribution in [0.2, 0.25) is 0 Å². The van der Waals surface area contributed by atoms with E-state index in [-0.39, 0.29) is 11.2 Å². The smallest absolute Gasteiger partial charge is 0.328 e. The van der Waals surface area contributed by atoms with E-state index in [1.54, 1.807) is 0 Å². The van der Waals surface area contributed by atoms with E-state index in [1.165, 1.54) is 36.9 Å². The van der Waals surface area contributed by atoms with E-state index in [0.717, 1.165) is 5.56 Å².